The topological polar surface area (TPSA) is 92.4 Å². The molecule has 0 fully saturated rings. The van der Waals surface area contributed by atoms with Gasteiger partial charge in [0, 0.05) is 17.5 Å². The molecule has 0 spiro atoms. The van der Waals surface area contributed by atoms with E-state index in [1.165, 1.54) is 11.3 Å². The van der Waals surface area contributed by atoms with Gasteiger partial charge in [-0.05, 0) is 5.92 Å². The zero-order chi connectivity index (χ0) is 14.2. The molecule has 2 N–H and O–H groups in total. The second-order valence-corrected chi connectivity index (χ2v) is 5.12. The summed E-state index contributed by atoms with van der Waals surface area (Å²) in [5.74, 6) is -1.49. The zero-order valence-electron chi connectivity index (χ0n) is 10.3. The minimum absolute atomic E-state index is 0.186. The fourth-order valence-electron chi connectivity index (χ4n) is 1.55. The number of pyridine rings is 1. The van der Waals surface area contributed by atoms with Crippen LogP contribution in [0.2, 0.25) is 0 Å². The van der Waals surface area contributed by atoms with Gasteiger partial charge in [0.05, 0.1) is 5.69 Å². The molecule has 19 heavy (non-hydrogen) atoms. The van der Waals surface area contributed by atoms with Crippen molar-refractivity contribution < 1.29 is 15.0 Å². The number of carboxylic acids is 1. The lowest BCUT2D eigenvalue weighted by molar-refractivity contribution is 0.0686. The predicted octanol–water partition coefficient (Wildman–Crippen LogP) is 1.82. The first-order valence-corrected chi connectivity index (χ1v) is 6.43. The summed E-state index contributed by atoms with van der Waals surface area (Å²) < 4.78 is 0.985. The van der Waals surface area contributed by atoms with E-state index in [9.17, 15) is 14.7 Å². The van der Waals surface area contributed by atoms with Crippen molar-refractivity contribution in [1.82, 2.24) is 9.55 Å². The van der Waals surface area contributed by atoms with Crippen molar-refractivity contribution in [3.8, 4) is 10.9 Å². The van der Waals surface area contributed by atoms with E-state index in [0.717, 1.165) is 22.4 Å². The highest BCUT2D eigenvalue weighted by Crippen LogP contribution is 2.22. The number of nitrogens with zero attached hydrogens (tertiary/aromatic N) is 2. The van der Waals surface area contributed by atoms with Crippen molar-refractivity contribution >= 4 is 17.3 Å². The first kappa shape index (κ1) is 13.3. The van der Waals surface area contributed by atoms with E-state index >= 15 is 0 Å². The van der Waals surface area contributed by atoms with Gasteiger partial charge in [0.2, 0.25) is 0 Å². The molecule has 7 heteroatoms. The van der Waals surface area contributed by atoms with E-state index < -0.39 is 11.5 Å². The Morgan fingerprint density at radius 1 is 1.42 bits per heavy atom. The average molecular weight is 280 g/mol. The number of rotatable bonds is 3. The van der Waals surface area contributed by atoms with Crippen LogP contribution in [0.15, 0.2) is 22.3 Å². The van der Waals surface area contributed by atoms with Crippen molar-refractivity contribution in [2.24, 2.45) is 0 Å². The van der Waals surface area contributed by atoms with Gasteiger partial charge < -0.3 is 10.2 Å². The molecule has 0 radical (unpaired) electrons. The minimum atomic E-state index is -1.30. The van der Waals surface area contributed by atoms with Crippen molar-refractivity contribution in [3.63, 3.8) is 0 Å². The van der Waals surface area contributed by atoms with Gasteiger partial charge in [0.25, 0.3) is 5.56 Å². The summed E-state index contributed by atoms with van der Waals surface area (Å²) in [5.41, 5.74) is -0.145. The fraction of sp³-hybridized carbons (Fsp3) is 0.250. The molecule has 0 bridgehead atoms. The average Bonchev–Trinajstić information content (AvgIpc) is 2.76. The maximum absolute atomic E-state index is 11.9. The lowest BCUT2D eigenvalue weighted by Gasteiger charge is -2.06. The van der Waals surface area contributed by atoms with Gasteiger partial charge in [-0.2, -0.15) is 0 Å². The van der Waals surface area contributed by atoms with Gasteiger partial charge in [0.1, 0.15) is 11.4 Å². The van der Waals surface area contributed by atoms with Crippen molar-refractivity contribution in [1.29, 1.82) is 0 Å². The van der Waals surface area contributed by atoms with Crippen LogP contribution in [0.1, 0.15) is 35.9 Å². The highest BCUT2D eigenvalue weighted by molar-refractivity contribution is 7.12. The largest absolute Gasteiger partial charge is 0.508 e. The van der Waals surface area contributed by atoms with Crippen LogP contribution in [0.5, 0.6) is 5.75 Å². The normalized spacial score (nSPS) is 10.9. The molecule has 0 unspecified atom stereocenters. The summed E-state index contributed by atoms with van der Waals surface area (Å²) in [6, 6.07) is 1.99. The number of carboxylic acid groups (broad SMARTS) is 1. The molecule has 0 saturated carbocycles. The monoisotopic (exact) mass is 280 g/mol. The Kier molecular flexibility index (Phi) is 3.39. The molecule has 100 valence electrons. The Morgan fingerprint density at radius 2 is 2.11 bits per heavy atom. The summed E-state index contributed by atoms with van der Waals surface area (Å²) in [4.78, 5) is 27.2. The lowest BCUT2D eigenvalue weighted by Crippen LogP contribution is -2.23. The predicted molar refractivity (Wildman–Crippen MR) is 70.4 cm³/mol. The number of aromatic carboxylic acids is 1. The summed E-state index contributed by atoms with van der Waals surface area (Å²) in [7, 11) is 0. The van der Waals surface area contributed by atoms with Crippen LogP contribution >= 0.6 is 11.3 Å². The van der Waals surface area contributed by atoms with Crippen LogP contribution in [0.25, 0.3) is 5.13 Å². The van der Waals surface area contributed by atoms with Gasteiger partial charge in [-0.15, -0.1) is 11.3 Å². The van der Waals surface area contributed by atoms with E-state index in [-0.39, 0.29) is 22.5 Å². The van der Waals surface area contributed by atoms with E-state index in [1.807, 2.05) is 13.8 Å². The third-order valence-corrected chi connectivity index (χ3v) is 3.37. The molecular formula is C12H12N2O4S. The second-order valence-electron chi connectivity index (χ2n) is 4.29. The smallest absolute Gasteiger partial charge is 0.353 e. The van der Waals surface area contributed by atoms with Crippen LogP contribution in [-0.2, 0) is 0 Å². The van der Waals surface area contributed by atoms with E-state index in [2.05, 4.69) is 4.98 Å². The van der Waals surface area contributed by atoms with Gasteiger partial charge in [0.15, 0.2) is 5.13 Å². The van der Waals surface area contributed by atoms with Crippen LogP contribution in [0.4, 0.5) is 0 Å². The van der Waals surface area contributed by atoms with Gasteiger partial charge in [-0.1, -0.05) is 13.8 Å². The van der Waals surface area contributed by atoms with Gasteiger partial charge in [-0.3, -0.25) is 4.79 Å². The quantitative estimate of drug-likeness (QED) is 0.894. The van der Waals surface area contributed by atoms with Crippen LogP contribution in [0, 0.1) is 0 Å². The van der Waals surface area contributed by atoms with Crippen molar-refractivity contribution in [3.05, 3.63) is 39.3 Å². The third kappa shape index (κ3) is 2.50. The molecule has 6 nitrogen and oxygen atoms in total. The van der Waals surface area contributed by atoms with E-state index in [0.29, 0.717) is 0 Å². The molecular weight excluding hydrogens is 268 g/mol. The van der Waals surface area contributed by atoms with Crippen molar-refractivity contribution in [2.45, 2.75) is 19.8 Å². The fourth-order valence-corrected chi connectivity index (χ4v) is 2.56. The molecule has 0 aliphatic heterocycles. The second kappa shape index (κ2) is 4.85. The maximum Gasteiger partial charge on any atom is 0.353 e. The molecule has 0 saturated heterocycles. The first-order chi connectivity index (χ1) is 8.90. The molecule has 2 rings (SSSR count). The molecule has 0 atom stereocenters. The first-order valence-electron chi connectivity index (χ1n) is 5.55. The Bertz CT molecular complexity index is 687. The Hall–Kier alpha value is -2.15. The highest BCUT2D eigenvalue weighted by Gasteiger charge is 2.17. The summed E-state index contributed by atoms with van der Waals surface area (Å²) in [5, 5.41) is 20.5. The Morgan fingerprint density at radius 3 is 2.63 bits per heavy atom. The molecule has 2 aromatic heterocycles. The zero-order valence-corrected chi connectivity index (χ0v) is 11.1. The summed E-state index contributed by atoms with van der Waals surface area (Å²) in [6.45, 7) is 3.91. The van der Waals surface area contributed by atoms with Crippen LogP contribution < -0.4 is 5.56 Å². The maximum atomic E-state index is 11.9. The molecule has 2 aromatic rings. The van der Waals surface area contributed by atoms with Crippen molar-refractivity contribution in [2.75, 3.05) is 0 Å². The number of aromatic hydroxyl groups is 1. The Balaban J connectivity index is 2.66. The lowest BCUT2D eigenvalue weighted by atomic mass is 10.2. The standard InChI is InChI=1S/C12H12N2O4S/c1-6(2)8-5-19-12(13-8)14-9(11(17)18)3-7(15)4-10(14)16/h3-6,15H,1-2H3,(H,17,18). The van der Waals surface area contributed by atoms with Crippen LogP contribution in [0.3, 0.4) is 0 Å². The minimum Gasteiger partial charge on any atom is -0.508 e. The van der Waals surface area contributed by atoms with Gasteiger partial charge >= 0.3 is 5.97 Å². The number of aromatic nitrogens is 2. The number of hydrogen-bond acceptors (Lipinski definition) is 5. The van der Waals surface area contributed by atoms with E-state index in [4.69, 9.17) is 5.11 Å². The molecule has 0 aliphatic rings. The van der Waals surface area contributed by atoms with Gasteiger partial charge in [-0.25, -0.2) is 14.3 Å². The molecule has 0 aromatic carbocycles. The van der Waals surface area contributed by atoms with E-state index in [1.54, 1.807) is 5.38 Å². The summed E-state index contributed by atoms with van der Waals surface area (Å²) in [6.07, 6.45) is 0. The number of thiazole rings is 1. The SMILES string of the molecule is CC(C)c1csc(-n2c(C(=O)O)cc(O)cc2=O)n1. The van der Waals surface area contributed by atoms with Crippen LogP contribution in [-0.4, -0.2) is 25.7 Å². The number of carbonyl (C=O) groups is 1. The molecule has 0 aliphatic carbocycles. The summed E-state index contributed by atoms with van der Waals surface area (Å²) >= 11 is 1.19. The molecule has 2 heterocycles. The Labute approximate surface area is 112 Å². The molecule has 0 amide bonds. The highest BCUT2D eigenvalue weighted by atomic mass is 32.1. The number of hydrogen-bond donors (Lipinski definition) is 2. The third-order valence-electron chi connectivity index (χ3n) is 2.53.